The van der Waals surface area contributed by atoms with E-state index in [0.29, 0.717) is 5.02 Å². The summed E-state index contributed by atoms with van der Waals surface area (Å²) in [6.07, 6.45) is -4.38. The predicted octanol–water partition coefficient (Wildman–Crippen LogP) is 5.73. The molecular weight excluding hydrogens is 355 g/mol. The molecule has 20 heavy (non-hydrogen) atoms. The number of alkyl halides is 3. The molecule has 0 atom stereocenters. The maximum atomic E-state index is 12.8. The molecule has 0 bridgehead atoms. The molecule has 2 rings (SSSR count). The lowest BCUT2D eigenvalue weighted by Crippen LogP contribution is -2.10. The Morgan fingerprint density at radius 3 is 2.45 bits per heavy atom. The van der Waals surface area contributed by atoms with Gasteiger partial charge in [-0.2, -0.15) is 13.2 Å². The average molecular weight is 365 g/mol. The van der Waals surface area contributed by atoms with E-state index in [1.165, 1.54) is 12.1 Å². The van der Waals surface area contributed by atoms with Crippen LogP contribution < -0.4 is 5.32 Å². The van der Waals surface area contributed by atoms with Gasteiger partial charge in [-0.15, -0.1) is 0 Å². The van der Waals surface area contributed by atoms with E-state index in [4.69, 9.17) is 11.6 Å². The number of benzene rings is 2. The van der Waals surface area contributed by atoms with Gasteiger partial charge in [-0.25, -0.2) is 0 Å². The van der Waals surface area contributed by atoms with E-state index in [2.05, 4.69) is 21.2 Å². The van der Waals surface area contributed by atoms with Crippen LogP contribution in [0.5, 0.6) is 0 Å². The van der Waals surface area contributed by atoms with Crippen LogP contribution in [0.1, 0.15) is 11.1 Å². The first-order valence-electron chi connectivity index (χ1n) is 5.72. The van der Waals surface area contributed by atoms with Gasteiger partial charge in [-0.1, -0.05) is 45.7 Å². The van der Waals surface area contributed by atoms with Crippen molar-refractivity contribution in [2.75, 3.05) is 5.32 Å². The van der Waals surface area contributed by atoms with E-state index < -0.39 is 11.7 Å². The fourth-order valence-corrected chi connectivity index (χ4v) is 2.48. The van der Waals surface area contributed by atoms with Crippen LogP contribution in [0.4, 0.5) is 18.9 Å². The molecule has 106 valence electrons. The lowest BCUT2D eigenvalue weighted by Gasteiger charge is -2.15. The van der Waals surface area contributed by atoms with Crippen LogP contribution in [0.15, 0.2) is 46.9 Å². The van der Waals surface area contributed by atoms with Gasteiger partial charge in [0, 0.05) is 21.7 Å². The number of hydrogen-bond acceptors (Lipinski definition) is 1. The zero-order valence-electron chi connectivity index (χ0n) is 10.1. The third kappa shape index (κ3) is 3.67. The normalized spacial score (nSPS) is 11.4. The molecule has 0 amide bonds. The minimum atomic E-state index is -4.38. The highest BCUT2D eigenvalue weighted by molar-refractivity contribution is 9.10. The van der Waals surface area contributed by atoms with Crippen molar-refractivity contribution in [3.05, 3.63) is 63.1 Å². The van der Waals surface area contributed by atoms with Crippen molar-refractivity contribution in [1.29, 1.82) is 0 Å². The van der Waals surface area contributed by atoms with Crippen LogP contribution in [0.25, 0.3) is 0 Å². The molecule has 2 aromatic rings. The smallest absolute Gasteiger partial charge is 0.380 e. The van der Waals surface area contributed by atoms with Gasteiger partial charge in [-0.05, 0) is 29.8 Å². The SMILES string of the molecule is FC(F)(F)c1ccccc1NCc1ccc(Br)cc1Cl. The molecule has 0 heterocycles. The van der Waals surface area contributed by atoms with E-state index in [0.717, 1.165) is 16.1 Å². The number of rotatable bonds is 3. The maximum absolute atomic E-state index is 12.8. The third-order valence-corrected chi connectivity index (χ3v) is 3.56. The molecule has 0 aliphatic heterocycles. The molecule has 0 aliphatic carbocycles. The summed E-state index contributed by atoms with van der Waals surface area (Å²) in [5.41, 5.74) is 0.0825. The molecule has 0 unspecified atom stereocenters. The number of para-hydroxylation sites is 1. The quantitative estimate of drug-likeness (QED) is 0.733. The summed E-state index contributed by atoms with van der Waals surface area (Å²) in [5, 5.41) is 3.27. The number of anilines is 1. The van der Waals surface area contributed by atoms with Crippen molar-refractivity contribution in [2.24, 2.45) is 0 Å². The molecule has 0 aromatic heterocycles. The van der Waals surface area contributed by atoms with E-state index in [-0.39, 0.29) is 12.2 Å². The fraction of sp³-hybridized carbons (Fsp3) is 0.143. The monoisotopic (exact) mass is 363 g/mol. The first-order chi connectivity index (χ1) is 9.38. The van der Waals surface area contributed by atoms with E-state index in [1.807, 2.05) is 0 Å². The van der Waals surface area contributed by atoms with E-state index in [1.54, 1.807) is 24.3 Å². The van der Waals surface area contributed by atoms with Crippen LogP contribution in [0.2, 0.25) is 5.02 Å². The molecule has 6 heteroatoms. The lowest BCUT2D eigenvalue weighted by atomic mass is 10.1. The van der Waals surface area contributed by atoms with E-state index >= 15 is 0 Å². The van der Waals surface area contributed by atoms with Crippen LogP contribution >= 0.6 is 27.5 Å². The Balaban J connectivity index is 2.19. The molecule has 0 aliphatic rings. The summed E-state index contributed by atoms with van der Waals surface area (Å²) in [6, 6.07) is 10.6. The highest BCUT2D eigenvalue weighted by Crippen LogP contribution is 2.35. The molecule has 1 nitrogen and oxygen atoms in total. The molecule has 1 N–H and O–H groups in total. The standard InChI is InChI=1S/C14H10BrClF3N/c15-10-6-5-9(12(16)7-10)8-20-13-4-2-1-3-11(13)14(17,18)19/h1-7,20H,8H2. The predicted molar refractivity (Wildman–Crippen MR) is 77.9 cm³/mol. The molecule has 0 fully saturated rings. The summed E-state index contributed by atoms with van der Waals surface area (Å²) in [4.78, 5) is 0. The summed E-state index contributed by atoms with van der Waals surface area (Å²) >= 11 is 9.31. The third-order valence-electron chi connectivity index (χ3n) is 2.72. The highest BCUT2D eigenvalue weighted by atomic mass is 79.9. The van der Waals surface area contributed by atoms with Crippen molar-refractivity contribution in [3.8, 4) is 0 Å². The average Bonchev–Trinajstić information content (AvgIpc) is 2.37. The molecule has 0 saturated heterocycles. The van der Waals surface area contributed by atoms with Crippen molar-refractivity contribution < 1.29 is 13.2 Å². The maximum Gasteiger partial charge on any atom is 0.418 e. The minimum Gasteiger partial charge on any atom is -0.380 e. The van der Waals surface area contributed by atoms with Crippen molar-refractivity contribution in [3.63, 3.8) is 0 Å². The highest BCUT2D eigenvalue weighted by Gasteiger charge is 2.33. The summed E-state index contributed by atoms with van der Waals surface area (Å²) in [5.74, 6) is 0. The second-order valence-corrected chi connectivity index (χ2v) is 5.46. The van der Waals surface area contributed by atoms with Crippen LogP contribution in [-0.2, 0) is 12.7 Å². The molecule has 0 radical (unpaired) electrons. The Morgan fingerprint density at radius 1 is 1.10 bits per heavy atom. The Labute approximate surface area is 127 Å². The first kappa shape index (κ1) is 15.2. The number of nitrogens with one attached hydrogen (secondary N) is 1. The number of hydrogen-bond donors (Lipinski definition) is 1. The zero-order valence-corrected chi connectivity index (χ0v) is 12.5. The van der Waals surface area contributed by atoms with Crippen molar-refractivity contribution >= 4 is 33.2 Å². The Bertz CT molecular complexity index is 614. The van der Waals surface area contributed by atoms with Gasteiger partial charge in [0.1, 0.15) is 0 Å². The van der Waals surface area contributed by atoms with Gasteiger partial charge in [-0.3, -0.25) is 0 Å². The van der Waals surface area contributed by atoms with Gasteiger partial charge in [0.25, 0.3) is 0 Å². The van der Waals surface area contributed by atoms with Gasteiger partial charge >= 0.3 is 6.18 Å². The van der Waals surface area contributed by atoms with Crippen LogP contribution in [0.3, 0.4) is 0 Å². The molecule has 0 saturated carbocycles. The molecule has 0 spiro atoms. The summed E-state index contributed by atoms with van der Waals surface area (Å²) in [7, 11) is 0. The van der Waals surface area contributed by atoms with Crippen LogP contribution in [0, 0.1) is 0 Å². The second-order valence-electron chi connectivity index (χ2n) is 4.13. The van der Waals surface area contributed by atoms with Gasteiger partial charge in [0.15, 0.2) is 0 Å². The minimum absolute atomic E-state index is 0.0407. The van der Waals surface area contributed by atoms with Gasteiger partial charge in [0.05, 0.1) is 5.56 Å². The fourth-order valence-electron chi connectivity index (χ4n) is 1.74. The zero-order chi connectivity index (χ0) is 14.8. The summed E-state index contributed by atoms with van der Waals surface area (Å²) < 4.78 is 39.3. The number of halogens is 5. The van der Waals surface area contributed by atoms with Gasteiger partial charge < -0.3 is 5.32 Å². The Hall–Kier alpha value is -1.20. The largest absolute Gasteiger partial charge is 0.418 e. The summed E-state index contributed by atoms with van der Waals surface area (Å²) in [6.45, 7) is 0.221. The van der Waals surface area contributed by atoms with Crippen molar-refractivity contribution in [2.45, 2.75) is 12.7 Å². The second kappa shape index (κ2) is 6.06. The topological polar surface area (TPSA) is 12.0 Å². The Morgan fingerprint density at radius 2 is 1.80 bits per heavy atom. The lowest BCUT2D eigenvalue weighted by molar-refractivity contribution is -0.136. The Kier molecular flexibility index (Phi) is 4.60. The van der Waals surface area contributed by atoms with Crippen molar-refractivity contribution in [1.82, 2.24) is 0 Å². The first-order valence-corrected chi connectivity index (χ1v) is 6.89. The van der Waals surface area contributed by atoms with Gasteiger partial charge in [0.2, 0.25) is 0 Å². The van der Waals surface area contributed by atoms with E-state index in [9.17, 15) is 13.2 Å². The van der Waals surface area contributed by atoms with Crippen LogP contribution in [-0.4, -0.2) is 0 Å². The molecular formula is C14H10BrClF3N. The molecule has 2 aromatic carbocycles.